The Bertz CT molecular complexity index is 793. The molecule has 0 saturated carbocycles. The first-order valence-electron chi connectivity index (χ1n) is 7.94. The molecule has 2 aromatic rings. The van der Waals surface area contributed by atoms with Crippen LogP contribution in [0.5, 0.6) is 0 Å². The Labute approximate surface area is 171 Å². The molecule has 0 atom stereocenters. The number of hydrogen-bond acceptors (Lipinski definition) is 5. The zero-order chi connectivity index (χ0) is 18.1. The minimum atomic E-state index is -3.19. The van der Waals surface area contributed by atoms with Gasteiger partial charge in [0, 0.05) is 25.2 Å². The summed E-state index contributed by atoms with van der Waals surface area (Å²) in [5.74, 6) is 1.14. The van der Waals surface area contributed by atoms with Crippen molar-refractivity contribution in [2.75, 3.05) is 25.9 Å². The minimum Gasteiger partial charge on any atom is -0.444 e. The van der Waals surface area contributed by atoms with E-state index in [4.69, 9.17) is 4.42 Å². The Morgan fingerprint density at radius 1 is 1.19 bits per heavy atom. The highest BCUT2D eigenvalue weighted by atomic mass is 127. The predicted molar refractivity (Wildman–Crippen MR) is 113 cm³/mol. The van der Waals surface area contributed by atoms with Gasteiger partial charge in [0.25, 0.3) is 0 Å². The highest BCUT2D eigenvalue weighted by Crippen LogP contribution is 2.18. The van der Waals surface area contributed by atoms with Crippen LogP contribution in [-0.2, 0) is 16.6 Å². The number of sulfonamides is 1. The van der Waals surface area contributed by atoms with Crippen molar-refractivity contribution in [3.63, 3.8) is 0 Å². The lowest BCUT2D eigenvalue weighted by Crippen LogP contribution is -2.41. The summed E-state index contributed by atoms with van der Waals surface area (Å²) in [5, 5.41) is 6.15. The summed E-state index contributed by atoms with van der Waals surface area (Å²) in [4.78, 5) is 8.84. The van der Waals surface area contributed by atoms with Crippen LogP contribution >= 0.6 is 24.0 Å². The molecule has 0 aliphatic carbocycles. The molecule has 0 amide bonds. The van der Waals surface area contributed by atoms with Crippen LogP contribution in [0.15, 0.2) is 46.0 Å². The Kier molecular flexibility index (Phi) is 9.59. The predicted octanol–water partition coefficient (Wildman–Crippen LogP) is 1.56. The lowest BCUT2D eigenvalue weighted by Gasteiger charge is -2.10. The Morgan fingerprint density at radius 3 is 2.58 bits per heavy atom. The van der Waals surface area contributed by atoms with Gasteiger partial charge in [0.1, 0.15) is 12.0 Å². The van der Waals surface area contributed by atoms with Gasteiger partial charge in [0.15, 0.2) is 5.96 Å². The Morgan fingerprint density at radius 2 is 1.92 bits per heavy atom. The number of halogens is 1. The van der Waals surface area contributed by atoms with Crippen molar-refractivity contribution in [1.82, 2.24) is 20.3 Å². The lowest BCUT2D eigenvalue weighted by atomic mass is 10.2. The maximum atomic E-state index is 11.0. The SMILES string of the molecule is CCNC(=NCc1coc(-c2ccccc2)n1)NCCNS(C)(=O)=O.I. The van der Waals surface area contributed by atoms with Crippen LogP contribution in [0.4, 0.5) is 0 Å². The molecule has 1 aromatic heterocycles. The molecule has 3 N–H and O–H groups in total. The first kappa shape index (κ1) is 22.4. The van der Waals surface area contributed by atoms with Crippen LogP contribution in [0.2, 0.25) is 0 Å². The number of aromatic nitrogens is 1. The monoisotopic (exact) mass is 493 g/mol. The molecular weight excluding hydrogens is 469 g/mol. The van der Waals surface area contributed by atoms with Gasteiger partial charge in [-0.2, -0.15) is 0 Å². The molecule has 0 unspecified atom stereocenters. The fourth-order valence-electron chi connectivity index (χ4n) is 2.01. The smallest absolute Gasteiger partial charge is 0.226 e. The van der Waals surface area contributed by atoms with E-state index in [1.165, 1.54) is 0 Å². The van der Waals surface area contributed by atoms with Crippen molar-refractivity contribution in [1.29, 1.82) is 0 Å². The number of rotatable bonds is 8. The second-order valence-electron chi connectivity index (χ2n) is 5.30. The van der Waals surface area contributed by atoms with E-state index < -0.39 is 10.0 Å². The largest absolute Gasteiger partial charge is 0.444 e. The van der Waals surface area contributed by atoms with E-state index >= 15 is 0 Å². The lowest BCUT2D eigenvalue weighted by molar-refractivity contribution is 0.572. The van der Waals surface area contributed by atoms with E-state index in [0.717, 1.165) is 11.8 Å². The van der Waals surface area contributed by atoms with E-state index in [9.17, 15) is 8.42 Å². The van der Waals surface area contributed by atoms with Crippen molar-refractivity contribution in [2.45, 2.75) is 13.5 Å². The number of nitrogens with zero attached hydrogens (tertiary/aromatic N) is 2. The molecule has 0 aliphatic rings. The standard InChI is InChI=1S/C16H23N5O3S.HI/c1-3-17-16(18-9-10-20-25(2,22)23)19-11-14-12-24-15(21-14)13-7-5-4-6-8-13;/h4-8,12,20H,3,9-11H2,1-2H3,(H2,17,18,19);1H. The second-order valence-corrected chi connectivity index (χ2v) is 7.13. The molecule has 144 valence electrons. The molecule has 0 fully saturated rings. The number of guanidine groups is 1. The van der Waals surface area contributed by atoms with E-state index in [2.05, 4.69) is 25.3 Å². The van der Waals surface area contributed by atoms with Crippen molar-refractivity contribution < 1.29 is 12.8 Å². The number of aliphatic imine (C=N–C) groups is 1. The van der Waals surface area contributed by atoms with Crippen LogP contribution in [0, 0.1) is 0 Å². The van der Waals surface area contributed by atoms with E-state index in [-0.39, 0.29) is 30.5 Å². The zero-order valence-corrected chi connectivity index (χ0v) is 17.9. The summed E-state index contributed by atoms with van der Waals surface area (Å²) >= 11 is 0. The van der Waals surface area contributed by atoms with Crippen LogP contribution in [-0.4, -0.2) is 45.3 Å². The fourth-order valence-corrected chi connectivity index (χ4v) is 2.48. The number of hydrogen-bond donors (Lipinski definition) is 3. The third-order valence-corrected chi connectivity index (χ3v) is 3.83. The van der Waals surface area contributed by atoms with E-state index in [1.54, 1.807) is 6.26 Å². The molecule has 1 heterocycles. The fraction of sp³-hybridized carbons (Fsp3) is 0.375. The minimum absolute atomic E-state index is 0. The summed E-state index contributed by atoms with van der Waals surface area (Å²) in [6.45, 7) is 3.71. The van der Waals surface area contributed by atoms with E-state index in [0.29, 0.717) is 37.2 Å². The molecule has 26 heavy (non-hydrogen) atoms. The zero-order valence-electron chi connectivity index (χ0n) is 14.7. The summed E-state index contributed by atoms with van der Waals surface area (Å²) < 4.78 is 30.0. The van der Waals surface area contributed by atoms with Crippen molar-refractivity contribution in [3.8, 4) is 11.5 Å². The Hall–Kier alpha value is -1.66. The van der Waals surface area contributed by atoms with Gasteiger partial charge < -0.3 is 15.1 Å². The molecule has 0 radical (unpaired) electrons. The average Bonchev–Trinajstić information content (AvgIpc) is 3.05. The quantitative estimate of drug-likeness (QED) is 0.223. The van der Waals surface area contributed by atoms with Crippen LogP contribution in [0.3, 0.4) is 0 Å². The van der Waals surface area contributed by atoms with Crippen LogP contribution < -0.4 is 15.4 Å². The first-order valence-corrected chi connectivity index (χ1v) is 9.83. The Balaban J connectivity index is 0.00000338. The van der Waals surface area contributed by atoms with Crippen molar-refractivity contribution in [3.05, 3.63) is 42.3 Å². The molecule has 1 aromatic carbocycles. The van der Waals surface area contributed by atoms with E-state index in [1.807, 2.05) is 37.3 Å². The van der Waals surface area contributed by atoms with Gasteiger partial charge in [-0.05, 0) is 19.1 Å². The molecule has 10 heteroatoms. The van der Waals surface area contributed by atoms with Gasteiger partial charge in [-0.15, -0.1) is 24.0 Å². The van der Waals surface area contributed by atoms with Gasteiger partial charge in [-0.3, -0.25) is 0 Å². The third-order valence-electron chi connectivity index (χ3n) is 3.10. The number of nitrogens with one attached hydrogen (secondary N) is 3. The molecule has 0 saturated heterocycles. The molecule has 0 bridgehead atoms. The van der Waals surface area contributed by atoms with Crippen LogP contribution in [0.25, 0.3) is 11.5 Å². The van der Waals surface area contributed by atoms with Gasteiger partial charge in [0.2, 0.25) is 15.9 Å². The van der Waals surface area contributed by atoms with Crippen molar-refractivity contribution >= 4 is 40.0 Å². The molecule has 0 spiro atoms. The number of benzene rings is 1. The second kappa shape index (κ2) is 11.1. The topological polar surface area (TPSA) is 109 Å². The van der Waals surface area contributed by atoms with Gasteiger partial charge in [0.05, 0.1) is 12.8 Å². The summed E-state index contributed by atoms with van der Waals surface area (Å²) in [7, 11) is -3.19. The van der Waals surface area contributed by atoms with Gasteiger partial charge in [-0.1, -0.05) is 18.2 Å². The highest BCUT2D eigenvalue weighted by Gasteiger charge is 2.06. The third kappa shape index (κ3) is 8.15. The highest BCUT2D eigenvalue weighted by molar-refractivity contribution is 14.0. The summed E-state index contributed by atoms with van der Waals surface area (Å²) in [5.41, 5.74) is 1.62. The molecule has 8 nitrogen and oxygen atoms in total. The maximum Gasteiger partial charge on any atom is 0.226 e. The summed E-state index contributed by atoms with van der Waals surface area (Å²) in [6, 6.07) is 9.65. The average molecular weight is 493 g/mol. The van der Waals surface area contributed by atoms with Gasteiger partial charge >= 0.3 is 0 Å². The van der Waals surface area contributed by atoms with Gasteiger partial charge in [-0.25, -0.2) is 23.1 Å². The molecule has 2 rings (SSSR count). The first-order chi connectivity index (χ1) is 12.0. The summed E-state index contributed by atoms with van der Waals surface area (Å²) in [6.07, 6.45) is 2.71. The number of oxazole rings is 1. The molecular formula is C16H24IN5O3S. The maximum absolute atomic E-state index is 11.0. The van der Waals surface area contributed by atoms with Crippen molar-refractivity contribution in [2.24, 2.45) is 4.99 Å². The normalized spacial score (nSPS) is 11.7. The molecule has 0 aliphatic heterocycles. The van der Waals surface area contributed by atoms with Crippen LogP contribution in [0.1, 0.15) is 12.6 Å².